The summed E-state index contributed by atoms with van der Waals surface area (Å²) in [5.74, 6) is 0.0225. The fourth-order valence-corrected chi connectivity index (χ4v) is 2.82. The van der Waals surface area contributed by atoms with Crippen LogP contribution in [0.4, 0.5) is 0 Å². The highest BCUT2D eigenvalue weighted by Gasteiger charge is 2.55. The van der Waals surface area contributed by atoms with Crippen molar-refractivity contribution in [3.63, 3.8) is 0 Å². The van der Waals surface area contributed by atoms with Crippen molar-refractivity contribution in [3.05, 3.63) is 0 Å². The molecule has 0 saturated carbocycles. The van der Waals surface area contributed by atoms with Crippen molar-refractivity contribution in [1.82, 2.24) is 0 Å². The molecule has 1 saturated heterocycles. The molecule has 94 valence electrons. The summed E-state index contributed by atoms with van der Waals surface area (Å²) in [5, 5.41) is 0. The van der Waals surface area contributed by atoms with Crippen molar-refractivity contribution >= 4 is 5.97 Å². The summed E-state index contributed by atoms with van der Waals surface area (Å²) in [7, 11) is 0. The Labute approximate surface area is 99.8 Å². The molecule has 1 aliphatic rings. The standard InChI is InChI=1S/C14H26O2/c1-7-13(5,6)14(10-12(2,3)4)8-9-16-11(14)15/h7-10H2,1-6H3. The van der Waals surface area contributed by atoms with Gasteiger partial charge in [0.1, 0.15) is 0 Å². The Morgan fingerprint density at radius 1 is 1.25 bits per heavy atom. The highest BCUT2D eigenvalue weighted by atomic mass is 16.5. The van der Waals surface area contributed by atoms with Gasteiger partial charge in [-0.15, -0.1) is 0 Å². The zero-order chi connectivity index (χ0) is 12.6. The van der Waals surface area contributed by atoms with Crippen LogP contribution in [0, 0.1) is 16.2 Å². The van der Waals surface area contributed by atoms with Crippen LogP contribution in [0.1, 0.15) is 60.8 Å². The lowest BCUT2D eigenvalue weighted by Gasteiger charge is -2.44. The van der Waals surface area contributed by atoms with E-state index in [1.807, 2.05) is 0 Å². The van der Waals surface area contributed by atoms with Gasteiger partial charge in [0.2, 0.25) is 0 Å². The summed E-state index contributed by atoms with van der Waals surface area (Å²) in [6, 6.07) is 0. The molecule has 1 unspecified atom stereocenters. The molecule has 0 radical (unpaired) electrons. The molecule has 2 nitrogen and oxygen atoms in total. The summed E-state index contributed by atoms with van der Waals surface area (Å²) >= 11 is 0. The second kappa shape index (κ2) is 4.05. The molecular formula is C14H26O2. The van der Waals surface area contributed by atoms with Crippen LogP contribution in [0.5, 0.6) is 0 Å². The van der Waals surface area contributed by atoms with Gasteiger partial charge in [-0.1, -0.05) is 41.5 Å². The average molecular weight is 226 g/mol. The van der Waals surface area contributed by atoms with E-state index in [0.717, 1.165) is 19.3 Å². The van der Waals surface area contributed by atoms with Gasteiger partial charge in [0, 0.05) is 0 Å². The number of rotatable bonds is 3. The molecule has 0 aromatic rings. The van der Waals surface area contributed by atoms with Crippen molar-refractivity contribution in [1.29, 1.82) is 0 Å². The van der Waals surface area contributed by atoms with E-state index in [9.17, 15) is 4.79 Å². The third kappa shape index (κ3) is 2.26. The lowest BCUT2D eigenvalue weighted by atomic mass is 9.57. The lowest BCUT2D eigenvalue weighted by Crippen LogP contribution is -2.44. The first-order valence-electron chi connectivity index (χ1n) is 6.32. The van der Waals surface area contributed by atoms with Gasteiger partial charge in [0.05, 0.1) is 12.0 Å². The average Bonchev–Trinajstić information content (AvgIpc) is 2.46. The molecule has 0 aromatic carbocycles. The zero-order valence-corrected chi connectivity index (χ0v) is 11.6. The van der Waals surface area contributed by atoms with Gasteiger partial charge in [-0.25, -0.2) is 0 Å². The van der Waals surface area contributed by atoms with E-state index in [2.05, 4.69) is 41.5 Å². The van der Waals surface area contributed by atoms with Gasteiger partial charge < -0.3 is 4.74 Å². The Bertz CT molecular complexity index is 273. The Hall–Kier alpha value is -0.530. The Kier molecular flexibility index (Phi) is 3.42. The highest BCUT2D eigenvalue weighted by Crippen LogP contribution is 2.54. The van der Waals surface area contributed by atoms with E-state index in [1.165, 1.54) is 0 Å². The van der Waals surface area contributed by atoms with Crippen molar-refractivity contribution in [2.75, 3.05) is 6.61 Å². The SMILES string of the molecule is CCC(C)(C)C1(CC(C)(C)C)CCOC1=O. The first-order chi connectivity index (χ1) is 7.15. The largest absolute Gasteiger partial charge is 0.465 e. The fraction of sp³-hybridized carbons (Fsp3) is 0.929. The van der Waals surface area contributed by atoms with Gasteiger partial charge >= 0.3 is 5.97 Å². The van der Waals surface area contributed by atoms with Gasteiger partial charge in [0.25, 0.3) is 0 Å². The van der Waals surface area contributed by atoms with Crippen LogP contribution in [-0.4, -0.2) is 12.6 Å². The Morgan fingerprint density at radius 3 is 2.12 bits per heavy atom. The van der Waals surface area contributed by atoms with Crippen LogP contribution in [-0.2, 0) is 9.53 Å². The van der Waals surface area contributed by atoms with Crippen LogP contribution in [0.25, 0.3) is 0 Å². The molecule has 0 N–H and O–H groups in total. The molecule has 1 fully saturated rings. The molecule has 0 bridgehead atoms. The van der Waals surface area contributed by atoms with Crippen LogP contribution in [0.15, 0.2) is 0 Å². The predicted octanol–water partition coefficient (Wildman–Crippen LogP) is 3.79. The summed E-state index contributed by atoms with van der Waals surface area (Å²) in [6.07, 6.45) is 2.81. The molecular weight excluding hydrogens is 200 g/mol. The second-order valence-electron chi connectivity index (χ2n) is 6.94. The Balaban J connectivity index is 3.08. The van der Waals surface area contributed by atoms with E-state index in [0.29, 0.717) is 6.61 Å². The monoisotopic (exact) mass is 226 g/mol. The molecule has 0 spiro atoms. The maximum absolute atomic E-state index is 12.2. The van der Waals surface area contributed by atoms with Crippen LogP contribution < -0.4 is 0 Å². The zero-order valence-electron chi connectivity index (χ0n) is 11.6. The van der Waals surface area contributed by atoms with Gasteiger partial charge in [-0.05, 0) is 30.1 Å². The molecule has 2 heteroatoms. The third-order valence-electron chi connectivity index (χ3n) is 4.16. The van der Waals surface area contributed by atoms with Gasteiger partial charge in [-0.2, -0.15) is 0 Å². The number of hydrogen-bond acceptors (Lipinski definition) is 2. The number of hydrogen-bond donors (Lipinski definition) is 0. The molecule has 1 heterocycles. The summed E-state index contributed by atoms with van der Waals surface area (Å²) < 4.78 is 5.26. The third-order valence-corrected chi connectivity index (χ3v) is 4.16. The van der Waals surface area contributed by atoms with Crippen molar-refractivity contribution in [3.8, 4) is 0 Å². The number of carbonyl (C=O) groups is 1. The first kappa shape index (κ1) is 13.5. The maximum Gasteiger partial charge on any atom is 0.312 e. The lowest BCUT2D eigenvalue weighted by molar-refractivity contribution is -0.154. The molecule has 16 heavy (non-hydrogen) atoms. The van der Waals surface area contributed by atoms with Gasteiger partial charge in [0.15, 0.2) is 0 Å². The minimum absolute atomic E-state index is 0.0217. The molecule has 0 amide bonds. The molecule has 1 atom stereocenters. The number of carbonyl (C=O) groups excluding carboxylic acids is 1. The van der Waals surface area contributed by atoms with E-state index in [-0.39, 0.29) is 22.2 Å². The molecule has 1 aliphatic heterocycles. The Morgan fingerprint density at radius 2 is 1.81 bits per heavy atom. The van der Waals surface area contributed by atoms with E-state index in [4.69, 9.17) is 4.74 Å². The van der Waals surface area contributed by atoms with Crippen molar-refractivity contribution in [2.45, 2.75) is 60.8 Å². The number of cyclic esters (lactones) is 1. The summed E-state index contributed by atoms with van der Waals surface area (Å²) in [5.41, 5.74) is -0.0936. The molecule has 0 aliphatic carbocycles. The smallest absolute Gasteiger partial charge is 0.312 e. The summed E-state index contributed by atoms with van der Waals surface area (Å²) in [4.78, 5) is 12.2. The normalized spacial score (nSPS) is 27.0. The fourth-order valence-electron chi connectivity index (χ4n) is 2.82. The minimum atomic E-state index is -0.278. The number of ether oxygens (including phenoxy) is 1. The van der Waals surface area contributed by atoms with E-state index in [1.54, 1.807) is 0 Å². The topological polar surface area (TPSA) is 26.3 Å². The van der Waals surface area contributed by atoms with Gasteiger partial charge in [-0.3, -0.25) is 4.79 Å². The predicted molar refractivity (Wildman–Crippen MR) is 66.2 cm³/mol. The maximum atomic E-state index is 12.2. The van der Waals surface area contributed by atoms with Crippen LogP contribution >= 0.6 is 0 Å². The van der Waals surface area contributed by atoms with Crippen molar-refractivity contribution in [2.24, 2.45) is 16.2 Å². The summed E-state index contributed by atoms with van der Waals surface area (Å²) in [6.45, 7) is 13.8. The highest BCUT2D eigenvalue weighted by molar-refractivity contribution is 5.79. The van der Waals surface area contributed by atoms with Crippen molar-refractivity contribution < 1.29 is 9.53 Å². The minimum Gasteiger partial charge on any atom is -0.465 e. The number of esters is 1. The van der Waals surface area contributed by atoms with E-state index < -0.39 is 0 Å². The molecule has 0 aromatic heterocycles. The quantitative estimate of drug-likeness (QED) is 0.684. The molecule has 1 rings (SSSR count). The van der Waals surface area contributed by atoms with Crippen LogP contribution in [0.2, 0.25) is 0 Å². The van der Waals surface area contributed by atoms with E-state index >= 15 is 0 Å². The van der Waals surface area contributed by atoms with Crippen LogP contribution in [0.3, 0.4) is 0 Å². The first-order valence-corrected chi connectivity index (χ1v) is 6.32. The second-order valence-corrected chi connectivity index (χ2v) is 6.94.